The van der Waals surface area contributed by atoms with Crippen molar-refractivity contribution in [3.63, 3.8) is 0 Å². The van der Waals surface area contributed by atoms with Crippen molar-refractivity contribution < 1.29 is 14.3 Å². The predicted octanol–water partition coefficient (Wildman–Crippen LogP) is 1.43. The smallest absolute Gasteiger partial charge is 0.312 e. The Morgan fingerprint density at radius 3 is 2.60 bits per heavy atom. The van der Waals surface area contributed by atoms with Crippen LogP contribution in [0.5, 0.6) is 0 Å². The van der Waals surface area contributed by atoms with Gasteiger partial charge >= 0.3 is 5.97 Å². The predicted molar refractivity (Wildman–Crippen MR) is 52.1 cm³/mol. The van der Waals surface area contributed by atoms with E-state index >= 15 is 0 Å². The standard InChI is InChI=1S/C12H14O3/c13-12-9-8(5-14-12)10-6-3-1-2-4-7(6)11(9)15-10/h8-11H,1-5H2. The van der Waals surface area contributed by atoms with Crippen LogP contribution in [0.2, 0.25) is 0 Å². The van der Waals surface area contributed by atoms with Gasteiger partial charge in [-0.1, -0.05) is 0 Å². The Labute approximate surface area is 88.4 Å². The average Bonchev–Trinajstić information content (AvgIpc) is 2.90. The van der Waals surface area contributed by atoms with Crippen LogP contribution in [-0.2, 0) is 14.3 Å². The van der Waals surface area contributed by atoms with Gasteiger partial charge in [0.05, 0.1) is 24.7 Å². The quantitative estimate of drug-likeness (QED) is 0.444. The van der Waals surface area contributed by atoms with Gasteiger partial charge < -0.3 is 9.47 Å². The molecule has 4 atom stereocenters. The average molecular weight is 206 g/mol. The van der Waals surface area contributed by atoms with Gasteiger partial charge in [-0.05, 0) is 36.8 Å². The van der Waals surface area contributed by atoms with Crippen LogP contribution in [0, 0.1) is 11.8 Å². The molecule has 0 saturated carbocycles. The highest BCUT2D eigenvalue weighted by atomic mass is 16.6. The van der Waals surface area contributed by atoms with E-state index in [2.05, 4.69) is 0 Å². The number of fused-ring (bicyclic) bond motifs is 7. The fourth-order valence-electron chi connectivity index (χ4n) is 3.76. The van der Waals surface area contributed by atoms with Gasteiger partial charge in [-0.25, -0.2) is 0 Å². The molecule has 4 aliphatic rings. The highest BCUT2D eigenvalue weighted by molar-refractivity contribution is 5.78. The Kier molecular flexibility index (Phi) is 1.47. The third-order valence-electron chi connectivity index (χ3n) is 4.40. The molecule has 0 N–H and O–H groups in total. The number of cyclic esters (lactones) is 1. The van der Waals surface area contributed by atoms with E-state index in [-0.39, 0.29) is 24.1 Å². The maximum absolute atomic E-state index is 11.6. The number of ether oxygens (including phenoxy) is 2. The second kappa shape index (κ2) is 2.64. The molecule has 0 aromatic carbocycles. The zero-order chi connectivity index (χ0) is 9.99. The van der Waals surface area contributed by atoms with Crippen LogP contribution in [0.25, 0.3) is 0 Å². The number of carbonyl (C=O) groups excluding carboxylic acids is 1. The molecule has 2 fully saturated rings. The van der Waals surface area contributed by atoms with Gasteiger partial charge in [-0.15, -0.1) is 0 Å². The normalized spacial score (nSPS) is 46.8. The van der Waals surface area contributed by atoms with E-state index in [0.717, 1.165) is 6.42 Å². The van der Waals surface area contributed by atoms with Crippen molar-refractivity contribution in [2.24, 2.45) is 11.8 Å². The molecule has 80 valence electrons. The third kappa shape index (κ3) is 0.882. The summed E-state index contributed by atoms with van der Waals surface area (Å²) in [6.07, 6.45) is 5.20. The molecule has 3 aliphatic heterocycles. The highest BCUT2D eigenvalue weighted by Crippen LogP contribution is 2.53. The number of hydrogen-bond acceptors (Lipinski definition) is 3. The SMILES string of the molecule is O=C1OCC2C3OC(C4=C3CCCC4)C12. The molecule has 0 aromatic heterocycles. The van der Waals surface area contributed by atoms with Crippen LogP contribution in [-0.4, -0.2) is 24.8 Å². The lowest BCUT2D eigenvalue weighted by molar-refractivity contribution is -0.143. The maximum atomic E-state index is 11.6. The lowest BCUT2D eigenvalue weighted by atomic mass is 9.73. The number of rotatable bonds is 0. The van der Waals surface area contributed by atoms with Crippen LogP contribution in [0.15, 0.2) is 11.1 Å². The van der Waals surface area contributed by atoms with E-state index < -0.39 is 0 Å². The summed E-state index contributed by atoms with van der Waals surface area (Å²) in [6, 6.07) is 0. The minimum atomic E-state index is -0.0235. The first kappa shape index (κ1) is 8.34. The van der Waals surface area contributed by atoms with Crippen LogP contribution in [0.3, 0.4) is 0 Å². The van der Waals surface area contributed by atoms with Gasteiger partial charge in [0, 0.05) is 5.92 Å². The molecule has 4 unspecified atom stereocenters. The topological polar surface area (TPSA) is 35.5 Å². The van der Waals surface area contributed by atoms with Gasteiger partial charge in [-0.3, -0.25) is 4.79 Å². The molecule has 0 spiro atoms. The van der Waals surface area contributed by atoms with Crippen molar-refractivity contribution in [1.82, 2.24) is 0 Å². The summed E-state index contributed by atoms with van der Waals surface area (Å²) < 4.78 is 11.1. The lowest BCUT2D eigenvalue weighted by Crippen LogP contribution is -2.31. The fourth-order valence-corrected chi connectivity index (χ4v) is 3.76. The van der Waals surface area contributed by atoms with Crippen molar-refractivity contribution >= 4 is 5.97 Å². The minimum Gasteiger partial charge on any atom is -0.465 e. The minimum absolute atomic E-state index is 0.0235. The number of hydrogen-bond donors (Lipinski definition) is 0. The number of carbonyl (C=O) groups is 1. The molecule has 0 radical (unpaired) electrons. The van der Waals surface area contributed by atoms with Crippen molar-refractivity contribution in [3.05, 3.63) is 11.1 Å². The molecule has 3 heterocycles. The van der Waals surface area contributed by atoms with E-state index in [9.17, 15) is 4.79 Å². The first-order valence-corrected chi connectivity index (χ1v) is 5.90. The summed E-state index contributed by atoms with van der Waals surface area (Å²) >= 11 is 0. The van der Waals surface area contributed by atoms with Crippen LogP contribution < -0.4 is 0 Å². The van der Waals surface area contributed by atoms with Gasteiger partial charge in [0.15, 0.2) is 0 Å². The van der Waals surface area contributed by atoms with E-state index in [1.54, 1.807) is 0 Å². The largest absolute Gasteiger partial charge is 0.465 e. The van der Waals surface area contributed by atoms with Crippen molar-refractivity contribution in [3.8, 4) is 0 Å². The summed E-state index contributed by atoms with van der Waals surface area (Å²) in [5.41, 5.74) is 2.97. The van der Waals surface area contributed by atoms with Gasteiger partial charge in [0.25, 0.3) is 0 Å². The Balaban J connectivity index is 1.79. The summed E-state index contributed by atoms with van der Waals surface area (Å²) in [5.74, 6) is 0.343. The Morgan fingerprint density at radius 1 is 1.07 bits per heavy atom. The van der Waals surface area contributed by atoms with Crippen molar-refractivity contribution in [1.29, 1.82) is 0 Å². The molecular weight excluding hydrogens is 192 g/mol. The molecule has 0 amide bonds. The van der Waals surface area contributed by atoms with Crippen molar-refractivity contribution in [2.45, 2.75) is 37.9 Å². The monoisotopic (exact) mass is 206 g/mol. The van der Waals surface area contributed by atoms with E-state index in [1.165, 1.54) is 30.4 Å². The summed E-state index contributed by atoms with van der Waals surface area (Å²) in [4.78, 5) is 11.6. The molecule has 0 aromatic rings. The maximum Gasteiger partial charge on any atom is 0.312 e. The first-order chi connectivity index (χ1) is 7.36. The van der Waals surface area contributed by atoms with Crippen LogP contribution >= 0.6 is 0 Å². The zero-order valence-electron chi connectivity index (χ0n) is 8.57. The second-order valence-corrected chi connectivity index (χ2v) is 5.05. The molecule has 15 heavy (non-hydrogen) atoms. The molecule has 3 heteroatoms. The summed E-state index contributed by atoms with van der Waals surface area (Å²) in [6.45, 7) is 0.585. The molecule has 1 aliphatic carbocycles. The van der Waals surface area contributed by atoms with Gasteiger partial charge in [0.1, 0.15) is 0 Å². The highest BCUT2D eigenvalue weighted by Gasteiger charge is 2.59. The Bertz CT molecular complexity index is 371. The zero-order valence-corrected chi connectivity index (χ0v) is 8.57. The van der Waals surface area contributed by atoms with E-state index in [4.69, 9.17) is 9.47 Å². The number of esters is 1. The Morgan fingerprint density at radius 2 is 1.80 bits per heavy atom. The van der Waals surface area contributed by atoms with E-state index in [0.29, 0.717) is 12.5 Å². The summed E-state index contributed by atoms with van der Waals surface area (Å²) in [7, 11) is 0. The Hall–Kier alpha value is -0.830. The summed E-state index contributed by atoms with van der Waals surface area (Å²) in [5, 5.41) is 0. The first-order valence-electron chi connectivity index (χ1n) is 5.90. The van der Waals surface area contributed by atoms with Gasteiger partial charge in [0.2, 0.25) is 0 Å². The van der Waals surface area contributed by atoms with Crippen LogP contribution in [0.1, 0.15) is 25.7 Å². The molecular formula is C12H14O3. The molecule has 2 bridgehead atoms. The second-order valence-electron chi connectivity index (χ2n) is 5.05. The van der Waals surface area contributed by atoms with Crippen LogP contribution in [0.4, 0.5) is 0 Å². The molecule has 3 nitrogen and oxygen atoms in total. The van der Waals surface area contributed by atoms with Gasteiger partial charge in [-0.2, -0.15) is 0 Å². The lowest BCUT2D eigenvalue weighted by Gasteiger charge is -2.26. The van der Waals surface area contributed by atoms with Crippen molar-refractivity contribution in [2.75, 3.05) is 6.61 Å². The van der Waals surface area contributed by atoms with E-state index in [1.807, 2.05) is 0 Å². The third-order valence-corrected chi connectivity index (χ3v) is 4.40. The molecule has 2 saturated heterocycles. The molecule has 4 rings (SSSR count). The fraction of sp³-hybridized carbons (Fsp3) is 0.750.